The smallest absolute Gasteiger partial charge is 0.119 e. The lowest BCUT2D eigenvalue weighted by Crippen LogP contribution is -2.05. The molecule has 25 heavy (non-hydrogen) atoms. The van der Waals surface area contributed by atoms with Crippen LogP contribution >= 0.6 is 0 Å². The van der Waals surface area contributed by atoms with E-state index in [4.69, 9.17) is 20.9 Å². The van der Waals surface area contributed by atoms with Gasteiger partial charge in [0.05, 0.1) is 13.2 Å². The maximum atomic E-state index is 5.75. The third kappa shape index (κ3) is 7.59. The van der Waals surface area contributed by atoms with Crippen LogP contribution in [0, 0.1) is 0 Å². The highest BCUT2D eigenvalue weighted by Crippen LogP contribution is 2.15. The van der Waals surface area contributed by atoms with E-state index in [0.717, 1.165) is 56.7 Å². The van der Waals surface area contributed by atoms with E-state index in [1.807, 2.05) is 24.3 Å². The predicted octanol–water partition coefficient (Wildman–Crippen LogP) is 3.32. The van der Waals surface area contributed by atoms with E-state index >= 15 is 0 Å². The zero-order valence-corrected chi connectivity index (χ0v) is 15.0. The van der Waals surface area contributed by atoms with Gasteiger partial charge in [0, 0.05) is 6.42 Å². The Labute approximate surface area is 151 Å². The fourth-order valence-electron chi connectivity index (χ4n) is 2.56. The summed E-state index contributed by atoms with van der Waals surface area (Å²) in [6.45, 7) is 2.76. The van der Waals surface area contributed by atoms with Crippen molar-refractivity contribution in [1.82, 2.24) is 0 Å². The van der Waals surface area contributed by atoms with Crippen molar-refractivity contribution in [2.75, 3.05) is 26.3 Å². The average molecular weight is 342 g/mol. The van der Waals surface area contributed by atoms with Crippen molar-refractivity contribution < 1.29 is 9.47 Å². The van der Waals surface area contributed by atoms with Crippen molar-refractivity contribution in [1.29, 1.82) is 0 Å². The van der Waals surface area contributed by atoms with Crippen molar-refractivity contribution in [2.45, 2.75) is 32.1 Å². The summed E-state index contributed by atoms with van der Waals surface area (Å²) in [6, 6.07) is 16.5. The molecule has 0 saturated carbocycles. The first-order chi connectivity index (χ1) is 12.3. The Kier molecular flexibility index (Phi) is 8.87. The molecule has 2 aromatic carbocycles. The van der Waals surface area contributed by atoms with Gasteiger partial charge >= 0.3 is 0 Å². The van der Waals surface area contributed by atoms with Gasteiger partial charge < -0.3 is 20.9 Å². The van der Waals surface area contributed by atoms with Gasteiger partial charge in [0.1, 0.15) is 11.5 Å². The van der Waals surface area contributed by atoms with Gasteiger partial charge in [-0.05, 0) is 74.2 Å². The third-order valence-electron chi connectivity index (χ3n) is 4.01. The van der Waals surface area contributed by atoms with Crippen LogP contribution in [-0.4, -0.2) is 26.3 Å². The Balaban J connectivity index is 1.61. The molecule has 0 atom stereocenters. The summed E-state index contributed by atoms with van der Waals surface area (Å²) in [5, 5.41) is 0. The van der Waals surface area contributed by atoms with Crippen LogP contribution in [0.5, 0.6) is 11.5 Å². The van der Waals surface area contributed by atoms with E-state index < -0.39 is 0 Å². The molecule has 0 aliphatic heterocycles. The van der Waals surface area contributed by atoms with Gasteiger partial charge in [-0.2, -0.15) is 0 Å². The zero-order valence-electron chi connectivity index (χ0n) is 15.0. The van der Waals surface area contributed by atoms with E-state index in [9.17, 15) is 0 Å². The zero-order chi connectivity index (χ0) is 17.7. The molecule has 0 aliphatic rings. The van der Waals surface area contributed by atoms with Crippen molar-refractivity contribution >= 4 is 0 Å². The standard InChI is InChI=1S/C21H30N2O2/c22-14-1-4-18-6-10-20(11-7-18)24-16-3-17-25-21-12-8-19(9-13-21)5-2-15-23/h6-13H,1-5,14-17,22-23H2. The van der Waals surface area contributed by atoms with Crippen molar-refractivity contribution in [3.8, 4) is 11.5 Å². The normalized spacial score (nSPS) is 10.6. The van der Waals surface area contributed by atoms with E-state index in [2.05, 4.69) is 24.3 Å². The minimum absolute atomic E-state index is 0.650. The molecule has 4 heteroatoms. The van der Waals surface area contributed by atoms with Gasteiger partial charge in [0.25, 0.3) is 0 Å². The SMILES string of the molecule is NCCCc1ccc(OCCCOc2ccc(CCCN)cc2)cc1. The largest absolute Gasteiger partial charge is 0.493 e. The Bertz CT molecular complexity index is 528. The molecule has 0 saturated heterocycles. The number of nitrogens with two attached hydrogens (primary N) is 2. The van der Waals surface area contributed by atoms with Crippen molar-refractivity contribution in [3.63, 3.8) is 0 Å². The Morgan fingerprint density at radius 3 is 1.32 bits per heavy atom. The predicted molar refractivity (Wildman–Crippen MR) is 103 cm³/mol. The number of aryl methyl sites for hydroxylation is 2. The van der Waals surface area contributed by atoms with Gasteiger partial charge in [-0.3, -0.25) is 0 Å². The Morgan fingerprint density at radius 2 is 0.960 bits per heavy atom. The molecule has 0 bridgehead atoms. The van der Waals surface area contributed by atoms with Crippen LogP contribution in [0.15, 0.2) is 48.5 Å². The fourth-order valence-corrected chi connectivity index (χ4v) is 2.56. The molecule has 0 fully saturated rings. The molecule has 4 N–H and O–H groups in total. The number of hydrogen-bond donors (Lipinski definition) is 2. The second-order valence-electron chi connectivity index (χ2n) is 6.12. The van der Waals surface area contributed by atoms with Gasteiger partial charge in [0.15, 0.2) is 0 Å². The van der Waals surface area contributed by atoms with E-state index in [1.165, 1.54) is 11.1 Å². The molecule has 0 heterocycles. The Morgan fingerprint density at radius 1 is 0.560 bits per heavy atom. The van der Waals surface area contributed by atoms with Crippen LogP contribution in [0.4, 0.5) is 0 Å². The summed E-state index contributed by atoms with van der Waals surface area (Å²) in [6.07, 6.45) is 4.94. The summed E-state index contributed by atoms with van der Waals surface area (Å²) in [4.78, 5) is 0. The van der Waals surface area contributed by atoms with Crippen molar-refractivity contribution in [3.05, 3.63) is 59.7 Å². The molecule has 0 aliphatic carbocycles. The van der Waals surface area contributed by atoms with Crippen LogP contribution in [0.25, 0.3) is 0 Å². The molecule has 2 rings (SSSR count). The molecule has 2 aromatic rings. The molecule has 0 aromatic heterocycles. The minimum Gasteiger partial charge on any atom is -0.493 e. The lowest BCUT2D eigenvalue weighted by molar-refractivity contribution is 0.247. The Hall–Kier alpha value is -2.04. The molecular weight excluding hydrogens is 312 g/mol. The molecule has 0 radical (unpaired) electrons. The highest BCUT2D eigenvalue weighted by atomic mass is 16.5. The van der Waals surface area contributed by atoms with Crippen LogP contribution in [0.1, 0.15) is 30.4 Å². The summed E-state index contributed by atoms with van der Waals surface area (Å²) in [5.41, 5.74) is 13.7. The molecule has 0 unspecified atom stereocenters. The van der Waals surface area contributed by atoms with Gasteiger partial charge in [0.2, 0.25) is 0 Å². The number of benzene rings is 2. The number of rotatable bonds is 12. The molecule has 136 valence electrons. The minimum atomic E-state index is 0.650. The topological polar surface area (TPSA) is 70.5 Å². The lowest BCUT2D eigenvalue weighted by Gasteiger charge is -2.09. The average Bonchev–Trinajstić information content (AvgIpc) is 2.66. The molecule has 0 amide bonds. The van der Waals surface area contributed by atoms with Crippen LogP contribution in [0.2, 0.25) is 0 Å². The van der Waals surface area contributed by atoms with Crippen molar-refractivity contribution in [2.24, 2.45) is 11.5 Å². The second-order valence-corrected chi connectivity index (χ2v) is 6.12. The summed E-state index contributed by atoms with van der Waals surface area (Å²) < 4.78 is 11.5. The maximum absolute atomic E-state index is 5.75. The first-order valence-electron chi connectivity index (χ1n) is 9.15. The molecule has 0 spiro atoms. The van der Waals surface area contributed by atoms with Crippen LogP contribution in [0.3, 0.4) is 0 Å². The van der Waals surface area contributed by atoms with Gasteiger partial charge in [-0.25, -0.2) is 0 Å². The number of hydrogen-bond acceptors (Lipinski definition) is 4. The van der Waals surface area contributed by atoms with E-state index in [1.54, 1.807) is 0 Å². The van der Waals surface area contributed by atoms with Gasteiger partial charge in [-0.1, -0.05) is 24.3 Å². The summed E-state index contributed by atoms with van der Waals surface area (Å²) >= 11 is 0. The van der Waals surface area contributed by atoms with E-state index in [-0.39, 0.29) is 0 Å². The number of ether oxygens (including phenoxy) is 2. The highest BCUT2D eigenvalue weighted by molar-refractivity contribution is 5.28. The summed E-state index contributed by atoms with van der Waals surface area (Å²) in [5.74, 6) is 1.81. The van der Waals surface area contributed by atoms with Crippen LogP contribution < -0.4 is 20.9 Å². The van der Waals surface area contributed by atoms with E-state index in [0.29, 0.717) is 13.2 Å². The first-order valence-corrected chi connectivity index (χ1v) is 9.15. The fraction of sp³-hybridized carbons (Fsp3) is 0.429. The second kappa shape index (κ2) is 11.5. The highest BCUT2D eigenvalue weighted by Gasteiger charge is 1.98. The third-order valence-corrected chi connectivity index (χ3v) is 4.01. The monoisotopic (exact) mass is 342 g/mol. The van der Waals surface area contributed by atoms with Crippen LogP contribution in [-0.2, 0) is 12.8 Å². The first kappa shape index (κ1) is 19.3. The van der Waals surface area contributed by atoms with Gasteiger partial charge in [-0.15, -0.1) is 0 Å². The lowest BCUT2D eigenvalue weighted by atomic mass is 10.1. The maximum Gasteiger partial charge on any atom is 0.119 e. The quantitative estimate of drug-likeness (QED) is 0.581. The summed E-state index contributed by atoms with van der Waals surface area (Å²) in [7, 11) is 0. The molecular formula is C21H30N2O2. The molecule has 4 nitrogen and oxygen atoms in total.